The van der Waals surface area contributed by atoms with Gasteiger partial charge in [-0.15, -0.1) is 0 Å². The number of anilines is 3. The first-order valence-electron chi connectivity index (χ1n) is 21.4. The van der Waals surface area contributed by atoms with Crippen molar-refractivity contribution < 1.29 is 8.83 Å². The molecule has 0 amide bonds. The molecule has 2 atom stereocenters. The molecule has 0 radical (unpaired) electrons. The summed E-state index contributed by atoms with van der Waals surface area (Å²) < 4.78 is 13.4. The molecule has 60 heavy (non-hydrogen) atoms. The first-order valence-corrected chi connectivity index (χ1v) is 21.4. The Hall–Kier alpha value is -7.10. The Morgan fingerprint density at radius 2 is 1.25 bits per heavy atom. The zero-order chi connectivity index (χ0) is 39.7. The molecule has 2 heterocycles. The quantitative estimate of drug-likeness (QED) is 0.169. The van der Waals surface area contributed by atoms with E-state index in [1.54, 1.807) is 0 Å². The third-order valence-electron chi connectivity index (χ3n) is 13.2. The first-order chi connectivity index (χ1) is 29.7. The number of hydrogen-bond donors (Lipinski definition) is 0. The van der Waals surface area contributed by atoms with E-state index in [9.17, 15) is 0 Å². The predicted molar refractivity (Wildman–Crippen MR) is 250 cm³/mol. The van der Waals surface area contributed by atoms with Crippen LogP contribution in [0.25, 0.3) is 77.6 Å². The lowest BCUT2D eigenvalue weighted by Gasteiger charge is -2.31. The number of nitrogens with zero attached hydrogens (tertiary/aromatic N) is 1. The lowest BCUT2D eigenvalue weighted by Crippen LogP contribution is -2.27. The van der Waals surface area contributed by atoms with Crippen molar-refractivity contribution >= 4 is 72.4 Å². The van der Waals surface area contributed by atoms with Crippen molar-refractivity contribution in [2.75, 3.05) is 4.90 Å². The molecular formula is C57H43NO2. The van der Waals surface area contributed by atoms with Gasteiger partial charge in [-0.1, -0.05) is 146 Å². The van der Waals surface area contributed by atoms with E-state index in [2.05, 4.69) is 182 Å². The molecule has 2 aromatic heterocycles. The van der Waals surface area contributed by atoms with Gasteiger partial charge >= 0.3 is 0 Å². The second kappa shape index (κ2) is 14.0. The number of fused-ring (bicyclic) bond motifs is 9. The lowest BCUT2D eigenvalue weighted by molar-refractivity contribution is 0.408. The van der Waals surface area contributed by atoms with Crippen LogP contribution in [0.15, 0.2) is 196 Å². The van der Waals surface area contributed by atoms with Gasteiger partial charge in [-0.05, 0) is 113 Å². The van der Waals surface area contributed by atoms with Gasteiger partial charge in [-0.3, -0.25) is 0 Å². The van der Waals surface area contributed by atoms with Crippen LogP contribution in [0, 0.1) is 11.8 Å². The number of hydrogen-bond acceptors (Lipinski definition) is 3. The first kappa shape index (κ1) is 34.9. The number of para-hydroxylation sites is 2. The molecule has 0 saturated heterocycles. The molecule has 0 bridgehead atoms. The van der Waals surface area contributed by atoms with E-state index in [4.69, 9.17) is 8.83 Å². The topological polar surface area (TPSA) is 29.5 Å². The second-order valence-corrected chi connectivity index (χ2v) is 16.7. The summed E-state index contributed by atoms with van der Waals surface area (Å²) in [4.78, 5) is 2.42. The normalized spacial score (nSPS) is 17.4. The van der Waals surface area contributed by atoms with E-state index in [1.165, 1.54) is 33.1 Å². The Bertz CT molecular complexity index is 3380. The Balaban J connectivity index is 1.06. The maximum atomic E-state index is 6.92. The highest BCUT2D eigenvalue weighted by molar-refractivity contribution is 6.13. The van der Waals surface area contributed by atoms with E-state index in [1.807, 2.05) is 12.1 Å². The fourth-order valence-electron chi connectivity index (χ4n) is 10.2. The van der Waals surface area contributed by atoms with Gasteiger partial charge in [0.2, 0.25) is 0 Å². The van der Waals surface area contributed by atoms with E-state index in [-0.39, 0.29) is 0 Å². The minimum Gasteiger partial charge on any atom is -0.456 e. The van der Waals surface area contributed by atoms with Crippen LogP contribution in [-0.4, -0.2) is 0 Å². The number of benzene rings is 7. The van der Waals surface area contributed by atoms with Crippen LogP contribution in [0.1, 0.15) is 32.6 Å². The van der Waals surface area contributed by atoms with Gasteiger partial charge in [0.1, 0.15) is 22.2 Å². The minimum atomic E-state index is 0.602. The second-order valence-electron chi connectivity index (χ2n) is 16.7. The predicted octanol–water partition coefficient (Wildman–Crippen LogP) is 14.5. The zero-order valence-electron chi connectivity index (χ0n) is 33.6. The van der Waals surface area contributed by atoms with Gasteiger partial charge in [0.05, 0.1) is 5.69 Å². The average Bonchev–Trinajstić information content (AvgIpc) is 3.89. The largest absolute Gasteiger partial charge is 0.456 e. The van der Waals surface area contributed by atoms with Crippen molar-refractivity contribution in [1.82, 2.24) is 0 Å². The summed E-state index contributed by atoms with van der Waals surface area (Å²) >= 11 is 0. The number of rotatable bonds is 6. The molecule has 9 aromatic rings. The van der Waals surface area contributed by atoms with E-state index in [0.717, 1.165) is 103 Å². The summed E-state index contributed by atoms with van der Waals surface area (Å²) in [6.07, 6.45) is 16.2. The molecule has 1 unspecified atom stereocenters. The summed E-state index contributed by atoms with van der Waals surface area (Å²) in [6.45, 7) is 2.40. The Labute approximate surface area is 349 Å². The highest BCUT2D eigenvalue weighted by Gasteiger charge is 2.27. The monoisotopic (exact) mass is 773 g/mol. The average molecular weight is 774 g/mol. The maximum Gasteiger partial charge on any atom is 0.143 e. The van der Waals surface area contributed by atoms with Crippen molar-refractivity contribution in [3.63, 3.8) is 0 Å². The van der Waals surface area contributed by atoms with Gasteiger partial charge in [0.25, 0.3) is 0 Å². The van der Waals surface area contributed by atoms with Crippen LogP contribution in [0.5, 0.6) is 0 Å². The minimum absolute atomic E-state index is 0.602. The third-order valence-corrected chi connectivity index (χ3v) is 13.2. The third kappa shape index (κ3) is 5.64. The van der Waals surface area contributed by atoms with Crippen molar-refractivity contribution in [2.45, 2.75) is 32.6 Å². The summed E-state index contributed by atoms with van der Waals surface area (Å²) in [5.41, 5.74) is 15.9. The number of allylic oxidation sites excluding steroid dienone is 6. The van der Waals surface area contributed by atoms with Gasteiger partial charge in [-0.25, -0.2) is 0 Å². The molecule has 7 aromatic carbocycles. The summed E-state index contributed by atoms with van der Waals surface area (Å²) in [5.74, 6) is 1.27. The zero-order valence-corrected chi connectivity index (χ0v) is 33.6. The van der Waals surface area contributed by atoms with E-state index >= 15 is 0 Å². The molecule has 288 valence electrons. The molecule has 3 heteroatoms. The SMILES string of the molecule is C[C@H]1CC=CC2=CC(C3=c4c(oc5c4cc(N(c4ccc(-c6ccccc6)cc4)c4ccc(-c6cccc7c6oc6ccccc67)cc4)c4ccccc45)=CCC3)=CCC21. The lowest BCUT2D eigenvalue weighted by atomic mass is 9.74. The van der Waals surface area contributed by atoms with Gasteiger partial charge in [0.15, 0.2) is 0 Å². The Kier molecular flexibility index (Phi) is 8.16. The highest BCUT2D eigenvalue weighted by Crippen LogP contribution is 2.44. The van der Waals surface area contributed by atoms with Crippen LogP contribution in [-0.2, 0) is 0 Å². The fourth-order valence-corrected chi connectivity index (χ4v) is 10.2. The highest BCUT2D eigenvalue weighted by atomic mass is 16.3. The fraction of sp³-hybridized carbons (Fsp3) is 0.123. The smallest absolute Gasteiger partial charge is 0.143 e. The van der Waals surface area contributed by atoms with Gasteiger partial charge in [0, 0.05) is 49.1 Å². The molecule has 3 aliphatic carbocycles. The maximum absolute atomic E-state index is 6.92. The standard InChI is InChI=1S/C57H43NO2/c1-36-12-9-15-40-34-41(28-33-44(36)40)45-19-11-23-54-55(45)51-35-52(47-16-5-6-18-49(47)57(51)60-54)58(42-29-24-38(25-30-42)37-13-3-2-4-14-37)43-31-26-39(27-32-43)46-20-10-21-50-48-17-7-8-22-53(48)59-56(46)50/h2-10,13-18,20-32,34-36,44H,11-12,19,33H2,1H3/t36-,44?/m0/s1. The molecule has 0 N–H and O–H groups in total. The Morgan fingerprint density at radius 3 is 2.07 bits per heavy atom. The van der Waals surface area contributed by atoms with E-state index < -0.39 is 0 Å². The molecule has 0 aliphatic heterocycles. The number of furan rings is 2. The van der Waals surface area contributed by atoms with Crippen LogP contribution in [0.3, 0.4) is 0 Å². The van der Waals surface area contributed by atoms with Crippen LogP contribution in [0.4, 0.5) is 17.1 Å². The van der Waals surface area contributed by atoms with Gasteiger partial charge in [-0.2, -0.15) is 0 Å². The molecular weight excluding hydrogens is 731 g/mol. The molecule has 3 nitrogen and oxygen atoms in total. The Morgan fingerprint density at radius 1 is 0.567 bits per heavy atom. The van der Waals surface area contributed by atoms with Crippen molar-refractivity contribution in [2.24, 2.45) is 11.8 Å². The van der Waals surface area contributed by atoms with Gasteiger partial charge < -0.3 is 13.7 Å². The van der Waals surface area contributed by atoms with Crippen molar-refractivity contribution in [1.29, 1.82) is 0 Å². The molecule has 0 fully saturated rings. The summed E-state index contributed by atoms with van der Waals surface area (Å²) in [5, 5.41) is 6.94. The van der Waals surface area contributed by atoms with Crippen LogP contribution >= 0.6 is 0 Å². The molecule has 3 aliphatic rings. The summed E-state index contributed by atoms with van der Waals surface area (Å²) in [6, 6.07) is 54.5. The van der Waals surface area contributed by atoms with Crippen molar-refractivity contribution in [3.05, 3.63) is 198 Å². The van der Waals surface area contributed by atoms with Crippen LogP contribution < -0.4 is 15.5 Å². The molecule has 0 spiro atoms. The molecule has 12 rings (SSSR count). The summed E-state index contributed by atoms with van der Waals surface area (Å²) in [7, 11) is 0. The molecule has 0 saturated carbocycles. The van der Waals surface area contributed by atoms with E-state index in [0.29, 0.717) is 11.8 Å². The van der Waals surface area contributed by atoms with Crippen LogP contribution in [0.2, 0.25) is 0 Å². The van der Waals surface area contributed by atoms with Crippen molar-refractivity contribution in [3.8, 4) is 22.3 Å².